The van der Waals surface area contributed by atoms with Gasteiger partial charge in [0.05, 0.1) is 11.2 Å². The zero-order valence-electron chi connectivity index (χ0n) is 18.8. The number of halogens is 2. The minimum Gasteiger partial charge on any atom is -0.462 e. The summed E-state index contributed by atoms with van der Waals surface area (Å²) in [6.45, 7) is 6.99. The topological polar surface area (TPSA) is 75.3 Å². The molecule has 2 aliphatic heterocycles. The molecule has 0 saturated carbocycles. The van der Waals surface area contributed by atoms with Crippen LogP contribution in [-0.4, -0.2) is 37.6 Å². The van der Waals surface area contributed by atoms with Gasteiger partial charge in [-0.25, -0.2) is 4.99 Å². The van der Waals surface area contributed by atoms with Crippen molar-refractivity contribution in [3.63, 3.8) is 0 Å². The SMILES string of the molecule is Cc1cc(C2(c3cccc(B4OC(C)(C)C(C)(C)O4)c3)COC(N)=N2)ccc1OC(F)F. The third-order valence-corrected chi connectivity index (χ3v) is 6.49. The van der Waals surface area contributed by atoms with Gasteiger partial charge in [0, 0.05) is 0 Å². The largest absolute Gasteiger partial charge is 0.494 e. The fourth-order valence-corrected chi connectivity index (χ4v) is 3.95. The molecule has 0 spiro atoms. The second kappa shape index (κ2) is 7.74. The molecule has 0 bridgehead atoms. The van der Waals surface area contributed by atoms with E-state index in [0.29, 0.717) is 5.56 Å². The van der Waals surface area contributed by atoms with Crippen LogP contribution in [0.5, 0.6) is 5.75 Å². The predicted molar refractivity (Wildman–Crippen MR) is 118 cm³/mol. The lowest BCUT2D eigenvalue weighted by molar-refractivity contribution is -0.0503. The van der Waals surface area contributed by atoms with Gasteiger partial charge >= 0.3 is 13.7 Å². The summed E-state index contributed by atoms with van der Waals surface area (Å²) in [5.74, 6) is 0.112. The molecule has 32 heavy (non-hydrogen) atoms. The maximum absolute atomic E-state index is 12.7. The van der Waals surface area contributed by atoms with E-state index >= 15 is 0 Å². The Morgan fingerprint density at radius 2 is 1.69 bits per heavy atom. The maximum Gasteiger partial charge on any atom is 0.494 e. The average molecular weight is 444 g/mol. The molecule has 0 amide bonds. The van der Waals surface area contributed by atoms with Crippen molar-refractivity contribution in [3.05, 3.63) is 59.2 Å². The van der Waals surface area contributed by atoms with Crippen molar-refractivity contribution < 1.29 is 27.6 Å². The number of hydrogen-bond acceptors (Lipinski definition) is 6. The van der Waals surface area contributed by atoms with E-state index < -0.39 is 30.5 Å². The number of aliphatic imine (C=N–C) groups is 1. The van der Waals surface area contributed by atoms with Crippen molar-refractivity contribution in [2.75, 3.05) is 6.61 Å². The molecule has 1 atom stereocenters. The van der Waals surface area contributed by atoms with Gasteiger partial charge in [0.15, 0.2) is 5.54 Å². The summed E-state index contributed by atoms with van der Waals surface area (Å²) in [4.78, 5) is 4.62. The van der Waals surface area contributed by atoms with Crippen LogP contribution >= 0.6 is 0 Å². The number of amidine groups is 1. The highest BCUT2D eigenvalue weighted by molar-refractivity contribution is 6.62. The molecule has 0 aromatic heterocycles. The molecular weight excluding hydrogens is 417 g/mol. The number of nitrogens with two attached hydrogens (primary N) is 1. The van der Waals surface area contributed by atoms with Crippen molar-refractivity contribution in [1.29, 1.82) is 0 Å². The standard InChI is InChI=1S/C23H27BF2N2O4/c1-14-11-16(9-10-18(14)30-19(25)26)23(13-29-20(27)28-23)15-7-6-8-17(12-15)24-31-21(2,3)22(4,5)32-24/h6-12,19H,13H2,1-5H3,(H2,27,28). The summed E-state index contributed by atoms with van der Waals surface area (Å²) in [6, 6.07) is 12.8. The summed E-state index contributed by atoms with van der Waals surface area (Å²) >= 11 is 0. The molecule has 2 aliphatic rings. The minimum absolute atomic E-state index is 0.0663. The van der Waals surface area contributed by atoms with Crippen molar-refractivity contribution in [2.45, 2.75) is 58.0 Å². The van der Waals surface area contributed by atoms with Crippen LogP contribution in [0.4, 0.5) is 8.78 Å². The Labute approximate surface area is 186 Å². The maximum atomic E-state index is 12.7. The molecule has 170 valence electrons. The number of nitrogens with zero attached hydrogens (tertiary/aromatic N) is 1. The zero-order chi connectivity index (χ0) is 23.3. The molecular formula is C23H27BF2N2O4. The van der Waals surface area contributed by atoms with Crippen LogP contribution in [-0.2, 0) is 19.6 Å². The fourth-order valence-electron chi connectivity index (χ4n) is 3.95. The number of rotatable bonds is 5. The van der Waals surface area contributed by atoms with Gasteiger partial charge < -0.3 is 24.5 Å². The molecule has 1 saturated heterocycles. The van der Waals surface area contributed by atoms with Gasteiger partial charge in [-0.2, -0.15) is 8.78 Å². The highest BCUT2D eigenvalue weighted by Gasteiger charge is 2.52. The lowest BCUT2D eigenvalue weighted by Crippen LogP contribution is -2.41. The van der Waals surface area contributed by atoms with E-state index in [1.54, 1.807) is 19.1 Å². The Morgan fingerprint density at radius 3 is 2.25 bits per heavy atom. The average Bonchev–Trinajstić information content (AvgIpc) is 3.20. The van der Waals surface area contributed by atoms with Crippen molar-refractivity contribution in [2.24, 2.45) is 10.7 Å². The van der Waals surface area contributed by atoms with Gasteiger partial charge in [-0.1, -0.05) is 30.3 Å². The van der Waals surface area contributed by atoms with E-state index in [-0.39, 0.29) is 18.4 Å². The minimum atomic E-state index is -2.89. The number of benzene rings is 2. The van der Waals surface area contributed by atoms with Gasteiger partial charge in [-0.3, -0.25) is 0 Å². The summed E-state index contributed by atoms with van der Waals surface area (Å²) in [7, 11) is -0.538. The Bertz CT molecular complexity index is 1040. The lowest BCUT2D eigenvalue weighted by Gasteiger charge is -2.32. The van der Waals surface area contributed by atoms with Crippen molar-refractivity contribution in [3.8, 4) is 5.75 Å². The highest BCUT2D eigenvalue weighted by Crippen LogP contribution is 2.40. The summed E-state index contributed by atoms with van der Waals surface area (Å²) in [5, 5.41) is 0. The van der Waals surface area contributed by atoms with Gasteiger partial charge in [-0.05, 0) is 68.9 Å². The van der Waals surface area contributed by atoms with E-state index in [4.69, 9.17) is 19.8 Å². The first-order chi connectivity index (χ1) is 14.9. The third kappa shape index (κ3) is 3.84. The predicted octanol–water partition coefficient (Wildman–Crippen LogP) is 3.48. The van der Waals surface area contributed by atoms with E-state index in [1.165, 1.54) is 6.07 Å². The number of hydrogen-bond donors (Lipinski definition) is 1. The second-order valence-electron chi connectivity index (χ2n) is 9.17. The Hall–Kier alpha value is -2.65. The molecule has 9 heteroatoms. The fraction of sp³-hybridized carbons (Fsp3) is 0.435. The molecule has 2 aromatic rings. The van der Waals surface area contributed by atoms with Gasteiger partial charge in [-0.15, -0.1) is 0 Å². The molecule has 0 radical (unpaired) electrons. The molecule has 2 N–H and O–H groups in total. The molecule has 1 unspecified atom stereocenters. The smallest absolute Gasteiger partial charge is 0.462 e. The summed E-state index contributed by atoms with van der Waals surface area (Å²) in [6.07, 6.45) is 0. The Balaban J connectivity index is 1.75. The van der Waals surface area contributed by atoms with Crippen LogP contribution in [0.3, 0.4) is 0 Å². The van der Waals surface area contributed by atoms with Gasteiger partial charge in [0.1, 0.15) is 12.4 Å². The summed E-state index contributed by atoms with van der Waals surface area (Å²) < 4.78 is 47.9. The lowest BCUT2D eigenvalue weighted by atomic mass is 9.75. The first-order valence-corrected chi connectivity index (χ1v) is 10.4. The van der Waals surface area contributed by atoms with Crippen molar-refractivity contribution in [1.82, 2.24) is 0 Å². The van der Waals surface area contributed by atoms with E-state index in [2.05, 4.69) is 9.73 Å². The highest BCUT2D eigenvalue weighted by atomic mass is 19.3. The monoisotopic (exact) mass is 444 g/mol. The van der Waals surface area contributed by atoms with Crippen LogP contribution in [0.1, 0.15) is 44.4 Å². The summed E-state index contributed by atoms with van der Waals surface area (Å²) in [5.41, 5.74) is 7.01. The van der Waals surface area contributed by atoms with Crippen LogP contribution < -0.4 is 15.9 Å². The Kier molecular flexibility index (Phi) is 5.45. The normalized spacial score (nSPS) is 23.9. The van der Waals surface area contributed by atoms with Crippen molar-refractivity contribution >= 4 is 18.6 Å². The third-order valence-electron chi connectivity index (χ3n) is 6.49. The van der Waals surface area contributed by atoms with Crippen LogP contribution in [0.15, 0.2) is 47.5 Å². The molecule has 2 aromatic carbocycles. The first kappa shape index (κ1) is 22.5. The van der Waals surface area contributed by atoms with Gasteiger partial charge in [0.25, 0.3) is 6.02 Å². The Morgan fingerprint density at radius 1 is 1.03 bits per heavy atom. The quantitative estimate of drug-likeness (QED) is 0.715. The van der Waals surface area contributed by atoms with E-state index in [0.717, 1.165) is 16.6 Å². The molecule has 2 heterocycles. The van der Waals surface area contributed by atoms with Gasteiger partial charge in [0.2, 0.25) is 0 Å². The second-order valence-corrected chi connectivity index (χ2v) is 9.17. The molecule has 4 rings (SSSR count). The van der Waals surface area contributed by atoms with E-state index in [9.17, 15) is 8.78 Å². The number of alkyl halides is 2. The molecule has 0 aliphatic carbocycles. The number of aryl methyl sites for hydroxylation is 1. The first-order valence-electron chi connectivity index (χ1n) is 10.4. The molecule has 1 fully saturated rings. The molecule has 6 nitrogen and oxygen atoms in total. The van der Waals surface area contributed by atoms with Crippen LogP contribution in [0.2, 0.25) is 0 Å². The zero-order valence-corrected chi connectivity index (χ0v) is 18.8. The van der Waals surface area contributed by atoms with E-state index in [1.807, 2.05) is 52.0 Å². The van der Waals surface area contributed by atoms with Crippen LogP contribution in [0, 0.1) is 6.92 Å². The number of ether oxygens (including phenoxy) is 2. The van der Waals surface area contributed by atoms with Crippen LogP contribution in [0.25, 0.3) is 0 Å².